The Morgan fingerprint density at radius 3 is 2.69 bits per heavy atom. The topological polar surface area (TPSA) is 94.2 Å². The van der Waals surface area contributed by atoms with Crippen LogP contribution in [-0.2, 0) is 11.2 Å². The van der Waals surface area contributed by atoms with Crippen LogP contribution in [0.15, 0.2) is 6.20 Å². The fourth-order valence-electron chi connectivity index (χ4n) is 1.13. The summed E-state index contributed by atoms with van der Waals surface area (Å²) in [7, 11) is 0. The van der Waals surface area contributed by atoms with E-state index in [1.54, 1.807) is 0 Å². The Labute approximate surface area is 88.6 Å². The highest BCUT2D eigenvalue weighted by atomic mass is 19.3. The second kappa shape index (κ2) is 4.53. The van der Waals surface area contributed by atoms with Crippen molar-refractivity contribution in [3.63, 3.8) is 0 Å². The van der Waals surface area contributed by atoms with Crippen LogP contribution in [-0.4, -0.2) is 21.2 Å². The third kappa shape index (κ3) is 2.23. The molecular weight excluding hydrogens is 222 g/mol. The van der Waals surface area contributed by atoms with Gasteiger partial charge < -0.3 is 10.2 Å². The molecule has 84 valence electrons. The Morgan fingerprint density at radius 2 is 2.25 bits per heavy atom. The first-order valence-corrected chi connectivity index (χ1v) is 4.08. The molecule has 0 aliphatic carbocycles. The smallest absolute Gasteiger partial charge is 0.307 e. The third-order valence-corrected chi connectivity index (χ3v) is 1.82. The molecule has 0 aromatic carbocycles. The summed E-state index contributed by atoms with van der Waals surface area (Å²) >= 11 is 0. The molecule has 16 heavy (non-hydrogen) atoms. The maximum atomic E-state index is 12.3. The van der Waals surface area contributed by atoms with Crippen LogP contribution in [0, 0.1) is 11.3 Å². The number of carboxylic acid groups (broad SMARTS) is 1. The molecule has 0 aliphatic rings. The Hall–Kier alpha value is -2.23. The first-order valence-electron chi connectivity index (χ1n) is 4.08. The van der Waals surface area contributed by atoms with Gasteiger partial charge in [-0.1, -0.05) is 0 Å². The fourth-order valence-corrected chi connectivity index (χ4v) is 1.13. The summed E-state index contributed by atoms with van der Waals surface area (Å²) in [5.74, 6) is -2.21. The number of halogens is 2. The molecular formula is C9H6F2N2O3. The van der Waals surface area contributed by atoms with E-state index >= 15 is 0 Å². The van der Waals surface area contributed by atoms with E-state index in [-0.39, 0.29) is 5.56 Å². The lowest BCUT2D eigenvalue weighted by molar-refractivity contribution is -0.136. The number of aromatic hydroxyl groups is 1. The van der Waals surface area contributed by atoms with Crippen LogP contribution in [0.2, 0.25) is 0 Å². The van der Waals surface area contributed by atoms with Crippen molar-refractivity contribution in [2.24, 2.45) is 0 Å². The quantitative estimate of drug-likeness (QED) is 0.811. The summed E-state index contributed by atoms with van der Waals surface area (Å²) in [4.78, 5) is 13.6. The largest absolute Gasteiger partial charge is 0.505 e. The van der Waals surface area contributed by atoms with Crippen LogP contribution < -0.4 is 0 Å². The van der Waals surface area contributed by atoms with Crippen molar-refractivity contribution in [3.05, 3.63) is 23.0 Å². The molecule has 0 saturated carbocycles. The van der Waals surface area contributed by atoms with Gasteiger partial charge in [-0.2, -0.15) is 5.26 Å². The lowest BCUT2D eigenvalue weighted by atomic mass is 10.1. The number of aliphatic carboxylic acids is 1. The molecule has 1 aromatic heterocycles. The molecule has 0 amide bonds. The zero-order valence-electron chi connectivity index (χ0n) is 7.81. The van der Waals surface area contributed by atoms with Gasteiger partial charge in [0.15, 0.2) is 5.75 Å². The van der Waals surface area contributed by atoms with Crippen LogP contribution >= 0.6 is 0 Å². The van der Waals surface area contributed by atoms with E-state index in [9.17, 15) is 18.7 Å². The number of alkyl halides is 2. The summed E-state index contributed by atoms with van der Waals surface area (Å²) in [5.41, 5.74) is -1.50. The molecule has 1 heterocycles. The van der Waals surface area contributed by atoms with E-state index in [1.807, 2.05) is 0 Å². The lowest BCUT2D eigenvalue weighted by Gasteiger charge is -2.07. The van der Waals surface area contributed by atoms with Gasteiger partial charge in [-0.05, 0) is 0 Å². The number of rotatable bonds is 3. The minimum atomic E-state index is -3.02. The molecule has 1 aromatic rings. The molecule has 0 saturated heterocycles. The number of aromatic nitrogens is 1. The van der Waals surface area contributed by atoms with Crippen molar-refractivity contribution >= 4 is 5.97 Å². The predicted molar refractivity (Wildman–Crippen MR) is 46.9 cm³/mol. The molecule has 0 fully saturated rings. The highest BCUT2D eigenvalue weighted by Crippen LogP contribution is 2.30. The SMILES string of the molecule is N#Cc1c(CC(=O)O)cnc(C(F)F)c1O. The van der Waals surface area contributed by atoms with Crippen LogP contribution in [0.1, 0.15) is 23.2 Å². The van der Waals surface area contributed by atoms with Crippen molar-refractivity contribution in [2.45, 2.75) is 12.8 Å². The molecule has 0 atom stereocenters. The van der Waals surface area contributed by atoms with E-state index < -0.39 is 35.8 Å². The van der Waals surface area contributed by atoms with Gasteiger partial charge >= 0.3 is 5.97 Å². The average Bonchev–Trinajstić information content (AvgIpc) is 2.16. The number of nitriles is 1. The van der Waals surface area contributed by atoms with Gasteiger partial charge in [-0.15, -0.1) is 0 Å². The number of carboxylic acids is 1. The first-order chi connectivity index (χ1) is 7.47. The fraction of sp³-hybridized carbons (Fsp3) is 0.222. The Balaban J connectivity index is 3.31. The number of hydrogen-bond donors (Lipinski definition) is 2. The van der Waals surface area contributed by atoms with E-state index in [4.69, 9.17) is 10.4 Å². The number of nitrogens with zero attached hydrogens (tertiary/aromatic N) is 2. The standard InChI is InChI=1S/C9H6F2N2O3/c10-9(11)7-8(16)5(2-12)4(3-13-7)1-6(14)15/h3,9,16H,1H2,(H,14,15). The van der Waals surface area contributed by atoms with Gasteiger partial charge in [0, 0.05) is 11.8 Å². The Kier molecular flexibility index (Phi) is 3.35. The summed E-state index contributed by atoms with van der Waals surface area (Å²) in [6.45, 7) is 0. The Morgan fingerprint density at radius 1 is 1.62 bits per heavy atom. The zero-order chi connectivity index (χ0) is 12.3. The van der Waals surface area contributed by atoms with Crippen LogP contribution in [0.5, 0.6) is 5.75 Å². The third-order valence-electron chi connectivity index (χ3n) is 1.82. The highest BCUT2D eigenvalue weighted by Gasteiger charge is 2.21. The molecule has 0 spiro atoms. The highest BCUT2D eigenvalue weighted by molar-refractivity contribution is 5.72. The van der Waals surface area contributed by atoms with Gasteiger partial charge in [0.2, 0.25) is 0 Å². The van der Waals surface area contributed by atoms with E-state index in [1.165, 1.54) is 6.07 Å². The second-order valence-electron chi connectivity index (χ2n) is 2.88. The van der Waals surface area contributed by atoms with Crippen molar-refractivity contribution in [3.8, 4) is 11.8 Å². The molecule has 0 aliphatic heterocycles. The molecule has 7 heteroatoms. The van der Waals surface area contributed by atoms with Gasteiger partial charge in [0.05, 0.1) is 6.42 Å². The van der Waals surface area contributed by atoms with Gasteiger partial charge in [0.1, 0.15) is 17.3 Å². The molecule has 0 bridgehead atoms. The van der Waals surface area contributed by atoms with Crippen LogP contribution in [0.25, 0.3) is 0 Å². The predicted octanol–water partition coefficient (Wildman–Crippen LogP) is 1.22. The maximum absolute atomic E-state index is 12.3. The molecule has 2 N–H and O–H groups in total. The second-order valence-corrected chi connectivity index (χ2v) is 2.88. The monoisotopic (exact) mass is 228 g/mol. The Bertz CT molecular complexity index is 469. The average molecular weight is 228 g/mol. The summed E-state index contributed by atoms with van der Waals surface area (Å²) in [6, 6.07) is 1.48. The molecule has 0 radical (unpaired) electrons. The van der Waals surface area contributed by atoms with Gasteiger partial charge in [0.25, 0.3) is 6.43 Å². The van der Waals surface area contributed by atoms with Gasteiger partial charge in [-0.3, -0.25) is 9.78 Å². The minimum Gasteiger partial charge on any atom is -0.505 e. The summed E-state index contributed by atoms with van der Waals surface area (Å²) in [5, 5.41) is 26.4. The minimum absolute atomic E-state index is 0.100. The van der Waals surface area contributed by atoms with Crippen LogP contribution in [0.4, 0.5) is 8.78 Å². The van der Waals surface area contributed by atoms with E-state index in [0.717, 1.165) is 6.20 Å². The number of hydrogen-bond acceptors (Lipinski definition) is 4. The summed E-state index contributed by atoms with van der Waals surface area (Å²) < 4.78 is 24.6. The van der Waals surface area contributed by atoms with Crippen molar-refractivity contribution in [1.82, 2.24) is 4.98 Å². The van der Waals surface area contributed by atoms with Crippen molar-refractivity contribution in [1.29, 1.82) is 5.26 Å². The molecule has 5 nitrogen and oxygen atoms in total. The van der Waals surface area contributed by atoms with Crippen LogP contribution in [0.3, 0.4) is 0 Å². The normalized spacial score (nSPS) is 10.1. The first kappa shape index (κ1) is 11.8. The molecule has 0 unspecified atom stereocenters. The lowest BCUT2D eigenvalue weighted by Crippen LogP contribution is -2.05. The summed E-state index contributed by atoms with van der Waals surface area (Å²) in [6.07, 6.45) is -2.73. The van der Waals surface area contributed by atoms with E-state index in [0.29, 0.717) is 0 Å². The van der Waals surface area contributed by atoms with Gasteiger partial charge in [-0.25, -0.2) is 8.78 Å². The van der Waals surface area contributed by atoms with Crippen molar-refractivity contribution < 1.29 is 23.8 Å². The number of carbonyl (C=O) groups is 1. The zero-order valence-corrected chi connectivity index (χ0v) is 7.81. The maximum Gasteiger partial charge on any atom is 0.307 e. The van der Waals surface area contributed by atoms with E-state index in [2.05, 4.69) is 4.98 Å². The molecule has 1 rings (SSSR count). The number of pyridine rings is 1. The van der Waals surface area contributed by atoms with Crippen molar-refractivity contribution in [2.75, 3.05) is 0 Å².